The highest BCUT2D eigenvalue weighted by Gasteiger charge is 2.15. The van der Waals surface area contributed by atoms with Gasteiger partial charge in [0.2, 0.25) is 0 Å². The van der Waals surface area contributed by atoms with Crippen molar-refractivity contribution in [1.82, 2.24) is 4.90 Å². The molecule has 2 heteroatoms. The van der Waals surface area contributed by atoms with Crippen molar-refractivity contribution in [3.63, 3.8) is 0 Å². The van der Waals surface area contributed by atoms with E-state index in [0.717, 1.165) is 18.0 Å². The molecule has 1 aliphatic heterocycles. The van der Waals surface area contributed by atoms with Crippen molar-refractivity contribution in [2.24, 2.45) is 11.7 Å². The van der Waals surface area contributed by atoms with Gasteiger partial charge in [-0.2, -0.15) is 0 Å². The highest BCUT2D eigenvalue weighted by Crippen LogP contribution is 2.18. The van der Waals surface area contributed by atoms with Crippen molar-refractivity contribution < 1.29 is 0 Å². The molecular formula is C16H22N2. The van der Waals surface area contributed by atoms with E-state index in [1.54, 1.807) is 0 Å². The van der Waals surface area contributed by atoms with Crippen LogP contribution in [0.3, 0.4) is 0 Å². The molecule has 0 amide bonds. The van der Waals surface area contributed by atoms with Gasteiger partial charge in [0.1, 0.15) is 0 Å². The van der Waals surface area contributed by atoms with Gasteiger partial charge >= 0.3 is 0 Å². The highest BCUT2D eigenvalue weighted by molar-refractivity contribution is 5.37. The summed E-state index contributed by atoms with van der Waals surface area (Å²) in [5.74, 6) is 6.84. The van der Waals surface area contributed by atoms with Gasteiger partial charge in [-0.25, -0.2) is 0 Å². The molecular weight excluding hydrogens is 220 g/mol. The predicted octanol–water partition coefficient (Wildman–Crippen LogP) is 2.23. The Morgan fingerprint density at radius 2 is 2.33 bits per heavy atom. The van der Waals surface area contributed by atoms with Crippen LogP contribution in [0.1, 0.15) is 30.9 Å². The Labute approximate surface area is 110 Å². The lowest BCUT2D eigenvalue weighted by Gasteiger charge is -2.30. The number of benzene rings is 1. The quantitative estimate of drug-likeness (QED) is 0.806. The summed E-state index contributed by atoms with van der Waals surface area (Å²) >= 11 is 0. The van der Waals surface area contributed by atoms with E-state index in [2.05, 4.69) is 41.9 Å². The van der Waals surface area contributed by atoms with Crippen LogP contribution in [0, 0.1) is 17.8 Å². The lowest BCUT2D eigenvalue weighted by atomic mass is 9.99. The fourth-order valence-electron chi connectivity index (χ4n) is 2.59. The summed E-state index contributed by atoms with van der Waals surface area (Å²) in [4.78, 5) is 2.55. The van der Waals surface area contributed by atoms with E-state index in [0.29, 0.717) is 6.54 Å². The van der Waals surface area contributed by atoms with Crippen molar-refractivity contribution in [3.05, 3.63) is 35.4 Å². The third-order valence-corrected chi connectivity index (χ3v) is 3.41. The van der Waals surface area contributed by atoms with Gasteiger partial charge < -0.3 is 5.73 Å². The van der Waals surface area contributed by atoms with Crippen LogP contribution >= 0.6 is 0 Å². The smallest absolute Gasteiger partial charge is 0.0555 e. The second-order valence-electron chi connectivity index (χ2n) is 5.19. The molecule has 1 atom stereocenters. The lowest BCUT2D eigenvalue weighted by Crippen LogP contribution is -2.33. The van der Waals surface area contributed by atoms with E-state index < -0.39 is 0 Å². The lowest BCUT2D eigenvalue weighted by molar-refractivity contribution is 0.176. The zero-order valence-corrected chi connectivity index (χ0v) is 11.2. The number of rotatable bonds is 2. The van der Waals surface area contributed by atoms with E-state index in [-0.39, 0.29) is 0 Å². The molecule has 2 rings (SSSR count). The molecule has 1 aromatic carbocycles. The minimum atomic E-state index is 0.424. The Morgan fingerprint density at radius 3 is 3.11 bits per heavy atom. The molecule has 0 radical (unpaired) electrons. The van der Waals surface area contributed by atoms with Crippen molar-refractivity contribution in [2.45, 2.75) is 26.3 Å². The number of nitrogens with zero attached hydrogens (tertiary/aromatic N) is 1. The van der Waals surface area contributed by atoms with E-state index >= 15 is 0 Å². The van der Waals surface area contributed by atoms with Crippen LogP contribution in [0.15, 0.2) is 24.3 Å². The van der Waals surface area contributed by atoms with Crippen LogP contribution in [0.2, 0.25) is 0 Å². The fraction of sp³-hybridized carbons (Fsp3) is 0.500. The zero-order valence-electron chi connectivity index (χ0n) is 11.2. The first-order chi connectivity index (χ1) is 8.78. The number of nitrogens with two attached hydrogens (primary N) is 1. The van der Waals surface area contributed by atoms with E-state index in [1.807, 2.05) is 6.07 Å². The minimum absolute atomic E-state index is 0.424. The van der Waals surface area contributed by atoms with Gasteiger partial charge in [0, 0.05) is 18.7 Å². The number of likely N-dealkylation sites (tertiary alicyclic amines) is 1. The zero-order chi connectivity index (χ0) is 12.8. The summed E-state index contributed by atoms with van der Waals surface area (Å²) in [7, 11) is 0. The average Bonchev–Trinajstić information content (AvgIpc) is 2.37. The van der Waals surface area contributed by atoms with Gasteiger partial charge in [0.05, 0.1) is 6.54 Å². The van der Waals surface area contributed by atoms with Crippen LogP contribution in [-0.2, 0) is 6.54 Å². The first-order valence-corrected chi connectivity index (χ1v) is 6.78. The topological polar surface area (TPSA) is 29.3 Å². The summed E-state index contributed by atoms with van der Waals surface area (Å²) in [5.41, 5.74) is 7.82. The summed E-state index contributed by atoms with van der Waals surface area (Å²) in [6.45, 7) is 6.26. The standard InChI is InChI=1S/C16H22N2/c1-14-5-4-10-18(12-14)13-16-7-2-6-15(11-16)8-3-9-17/h2,6-7,11,14H,4-5,9-10,12-13,17H2,1H3. The van der Waals surface area contributed by atoms with Crippen LogP contribution in [-0.4, -0.2) is 24.5 Å². The molecule has 1 saturated heterocycles. The monoisotopic (exact) mass is 242 g/mol. The SMILES string of the molecule is CC1CCCN(Cc2cccc(C#CCN)c2)C1. The molecule has 2 N–H and O–H groups in total. The second kappa shape index (κ2) is 6.58. The first kappa shape index (κ1) is 13.1. The summed E-state index contributed by atoms with van der Waals surface area (Å²) in [6.07, 6.45) is 2.70. The van der Waals surface area contributed by atoms with Crippen LogP contribution in [0.5, 0.6) is 0 Å². The Morgan fingerprint density at radius 1 is 1.44 bits per heavy atom. The maximum absolute atomic E-state index is 5.40. The Kier molecular flexibility index (Phi) is 4.81. The molecule has 1 aromatic rings. The summed E-state index contributed by atoms with van der Waals surface area (Å²) in [6, 6.07) is 8.50. The highest BCUT2D eigenvalue weighted by atomic mass is 15.1. The Bertz CT molecular complexity index is 442. The molecule has 1 aliphatic rings. The largest absolute Gasteiger partial charge is 0.320 e. The third kappa shape index (κ3) is 3.87. The molecule has 1 fully saturated rings. The molecule has 2 nitrogen and oxygen atoms in total. The second-order valence-corrected chi connectivity index (χ2v) is 5.19. The summed E-state index contributed by atoms with van der Waals surface area (Å²) in [5, 5.41) is 0. The van der Waals surface area contributed by atoms with Gasteiger partial charge in [-0.3, -0.25) is 4.90 Å². The van der Waals surface area contributed by atoms with Gasteiger partial charge in [-0.1, -0.05) is 30.9 Å². The normalized spacial score (nSPS) is 20.2. The Balaban J connectivity index is 2.00. The number of hydrogen-bond acceptors (Lipinski definition) is 2. The summed E-state index contributed by atoms with van der Waals surface area (Å²) < 4.78 is 0. The predicted molar refractivity (Wildman–Crippen MR) is 76.0 cm³/mol. The van der Waals surface area contributed by atoms with E-state index in [1.165, 1.54) is 31.5 Å². The molecule has 18 heavy (non-hydrogen) atoms. The molecule has 1 unspecified atom stereocenters. The van der Waals surface area contributed by atoms with Crippen LogP contribution < -0.4 is 5.73 Å². The molecule has 0 aliphatic carbocycles. The van der Waals surface area contributed by atoms with Crippen molar-refractivity contribution in [2.75, 3.05) is 19.6 Å². The van der Waals surface area contributed by atoms with Crippen LogP contribution in [0.4, 0.5) is 0 Å². The van der Waals surface area contributed by atoms with E-state index in [4.69, 9.17) is 5.73 Å². The fourth-order valence-corrected chi connectivity index (χ4v) is 2.59. The van der Waals surface area contributed by atoms with Gasteiger partial charge in [-0.05, 0) is 43.0 Å². The first-order valence-electron chi connectivity index (χ1n) is 6.78. The molecule has 96 valence electrons. The number of piperidine rings is 1. The molecule has 0 aromatic heterocycles. The Hall–Kier alpha value is -1.30. The molecule has 0 bridgehead atoms. The van der Waals surface area contributed by atoms with E-state index in [9.17, 15) is 0 Å². The maximum Gasteiger partial charge on any atom is 0.0555 e. The van der Waals surface area contributed by atoms with Gasteiger partial charge in [0.25, 0.3) is 0 Å². The van der Waals surface area contributed by atoms with Crippen molar-refractivity contribution in [1.29, 1.82) is 0 Å². The number of hydrogen-bond donors (Lipinski definition) is 1. The third-order valence-electron chi connectivity index (χ3n) is 3.41. The average molecular weight is 242 g/mol. The van der Waals surface area contributed by atoms with Crippen LogP contribution in [0.25, 0.3) is 0 Å². The van der Waals surface area contributed by atoms with Crippen molar-refractivity contribution in [3.8, 4) is 11.8 Å². The molecule has 1 heterocycles. The minimum Gasteiger partial charge on any atom is -0.320 e. The molecule has 0 spiro atoms. The van der Waals surface area contributed by atoms with Gasteiger partial charge in [0.15, 0.2) is 0 Å². The van der Waals surface area contributed by atoms with Gasteiger partial charge in [-0.15, -0.1) is 0 Å². The van der Waals surface area contributed by atoms with Crippen molar-refractivity contribution >= 4 is 0 Å². The maximum atomic E-state index is 5.40. The molecule has 0 saturated carbocycles.